The highest BCUT2D eigenvalue weighted by Crippen LogP contribution is 2.51. The molecule has 0 saturated carbocycles. The van der Waals surface area contributed by atoms with E-state index in [1.165, 1.54) is 11.1 Å². The summed E-state index contributed by atoms with van der Waals surface area (Å²) in [5.74, 6) is 0.0714. The van der Waals surface area contributed by atoms with Crippen LogP contribution in [0.2, 0.25) is 0 Å². The molecule has 2 N–H and O–H groups in total. The fourth-order valence-electron chi connectivity index (χ4n) is 4.12. The maximum absolute atomic E-state index is 12.3. The van der Waals surface area contributed by atoms with Crippen LogP contribution in [0.3, 0.4) is 0 Å². The normalized spacial score (nSPS) is 26.2. The van der Waals surface area contributed by atoms with Crippen LogP contribution in [0.25, 0.3) is 0 Å². The van der Waals surface area contributed by atoms with Gasteiger partial charge in [-0.1, -0.05) is 38.1 Å². The minimum Gasteiger partial charge on any atom is -0.378 e. The summed E-state index contributed by atoms with van der Waals surface area (Å²) < 4.78 is 5.94. The quantitative estimate of drug-likeness (QED) is 0.899. The maximum atomic E-state index is 12.3. The van der Waals surface area contributed by atoms with Gasteiger partial charge in [0.1, 0.15) is 0 Å². The summed E-state index contributed by atoms with van der Waals surface area (Å²) >= 11 is 0. The number of amides is 1. The van der Waals surface area contributed by atoms with E-state index in [2.05, 4.69) is 34.9 Å². The van der Waals surface area contributed by atoms with Gasteiger partial charge in [-0.3, -0.25) is 4.79 Å². The van der Waals surface area contributed by atoms with E-state index in [4.69, 9.17) is 4.74 Å². The topological polar surface area (TPSA) is 50.4 Å². The van der Waals surface area contributed by atoms with E-state index in [-0.39, 0.29) is 29.4 Å². The molecule has 2 aliphatic rings. The molecular formula is C18H26N2O2. The Morgan fingerprint density at radius 2 is 2.00 bits per heavy atom. The molecule has 3 rings (SSSR count). The summed E-state index contributed by atoms with van der Waals surface area (Å²) in [4.78, 5) is 12.3. The molecular weight excluding hydrogens is 276 g/mol. The second-order valence-corrected chi connectivity index (χ2v) is 6.79. The first-order valence-electron chi connectivity index (χ1n) is 8.23. The minimum absolute atomic E-state index is 0.00898. The van der Waals surface area contributed by atoms with Crippen molar-refractivity contribution in [3.8, 4) is 0 Å². The smallest absolute Gasteiger partial charge is 0.223 e. The first kappa shape index (κ1) is 15.5. The van der Waals surface area contributed by atoms with E-state index in [0.29, 0.717) is 0 Å². The van der Waals surface area contributed by atoms with Gasteiger partial charge in [0.25, 0.3) is 0 Å². The van der Waals surface area contributed by atoms with Gasteiger partial charge in [0.2, 0.25) is 5.91 Å². The number of benzene rings is 1. The van der Waals surface area contributed by atoms with Crippen molar-refractivity contribution in [2.45, 2.75) is 44.2 Å². The highest BCUT2D eigenvalue weighted by atomic mass is 16.5. The van der Waals surface area contributed by atoms with E-state index in [9.17, 15) is 4.79 Å². The average molecular weight is 302 g/mol. The van der Waals surface area contributed by atoms with Crippen molar-refractivity contribution < 1.29 is 9.53 Å². The van der Waals surface area contributed by atoms with Crippen LogP contribution in [0.5, 0.6) is 0 Å². The van der Waals surface area contributed by atoms with Crippen LogP contribution in [-0.4, -0.2) is 32.2 Å². The summed E-state index contributed by atoms with van der Waals surface area (Å²) in [6, 6.07) is 8.47. The van der Waals surface area contributed by atoms with Gasteiger partial charge in [0, 0.05) is 18.4 Å². The molecule has 1 aliphatic heterocycles. The molecule has 1 aliphatic carbocycles. The van der Waals surface area contributed by atoms with Crippen molar-refractivity contribution in [1.29, 1.82) is 0 Å². The molecule has 0 unspecified atom stereocenters. The summed E-state index contributed by atoms with van der Waals surface area (Å²) in [6.07, 6.45) is 2.11. The molecule has 1 aromatic rings. The number of piperidine rings is 1. The molecule has 0 bridgehead atoms. The minimum atomic E-state index is -0.0470. The van der Waals surface area contributed by atoms with E-state index in [1.54, 1.807) is 7.11 Å². The lowest BCUT2D eigenvalue weighted by Crippen LogP contribution is -2.49. The highest BCUT2D eigenvalue weighted by Gasteiger charge is 2.53. The number of rotatable bonds is 3. The van der Waals surface area contributed by atoms with Crippen LogP contribution in [0.4, 0.5) is 0 Å². The van der Waals surface area contributed by atoms with E-state index >= 15 is 0 Å². The fraction of sp³-hybridized carbons (Fsp3) is 0.611. The largest absolute Gasteiger partial charge is 0.378 e. The number of carbonyl (C=O) groups excluding carboxylic acids is 1. The number of hydrogen-bond acceptors (Lipinski definition) is 3. The second kappa shape index (κ2) is 6.01. The van der Waals surface area contributed by atoms with Gasteiger partial charge in [0.05, 0.1) is 12.1 Å². The van der Waals surface area contributed by atoms with Crippen LogP contribution in [0.1, 0.15) is 43.9 Å². The lowest BCUT2D eigenvalue weighted by atomic mass is 9.72. The van der Waals surface area contributed by atoms with Gasteiger partial charge < -0.3 is 15.4 Å². The third-order valence-electron chi connectivity index (χ3n) is 5.25. The van der Waals surface area contributed by atoms with Crippen molar-refractivity contribution >= 4 is 5.91 Å². The number of fused-ring (bicyclic) bond motifs is 2. The van der Waals surface area contributed by atoms with Crippen molar-refractivity contribution in [2.24, 2.45) is 5.92 Å². The summed E-state index contributed by atoms with van der Waals surface area (Å²) in [5, 5.41) is 6.67. The Hall–Kier alpha value is -1.39. The maximum Gasteiger partial charge on any atom is 0.223 e. The van der Waals surface area contributed by atoms with Gasteiger partial charge in [-0.25, -0.2) is 0 Å². The SMILES string of the molecule is CO[C@H]1[C@H](NC(=O)C(C)C)c2ccccc2C12CCNCC2. The predicted octanol–water partition coefficient (Wildman–Crippen LogP) is 2.15. The monoisotopic (exact) mass is 302 g/mol. The molecule has 2 atom stereocenters. The zero-order valence-electron chi connectivity index (χ0n) is 13.7. The number of ether oxygens (including phenoxy) is 1. The molecule has 1 aromatic carbocycles. The van der Waals surface area contributed by atoms with E-state index < -0.39 is 0 Å². The van der Waals surface area contributed by atoms with Crippen molar-refractivity contribution in [3.63, 3.8) is 0 Å². The van der Waals surface area contributed by atoms with E-state index in [0.717, 1.165) is 25.9 Å². The first-order valence-corrected chi connectivity index (χ1v) is 8.23. The molecule has 1 spiro atoms. The number of methoxy groups -OCH3 is 1. The molecule has 1 fully saturated rings. The molecule has 4 heteroatoms. The van der Waals surface area contributed by atoms with Crippen molar-refractivity contribution in [3.05, 3.63) is 35.4 Å². The van der Waals surface area contributed by atoms with Crippen LogP contribution < -0.4 is 10.6 Å². The van der Waals surface area contributed by atoms with Gasteiger partial charge >= 0.3 is 0 Å². The zero-order valence-corrected chi connectivity index (χ0v) is 13.7. The van der Waals surface area contributed by atoms with Gasteiger partial charge in [-0.15, -0.1) is 0 Å². The first-order chi connectivity index (χ1) is 10.6. The van der Waals surface area contributed by atoms with Gasteiger partial charge in [-0.2, -0.15) is 0 Å². The van der Waals surface area contributed by atoms with Crippen LogP contribution in [-0.2, 0) is 14.9 Å². The van der Waals surface area contributed by atoms with E-state index in [1.807, 2.05) is 13.8 Å². The molecule has 0 radical (unpaired) electrons. The molecule has 1 heterocycles. The fourth-order valence-corrected chi connectivity index (χ4v) is 4.12. The number of nitrogens with one attached hydrogen (secondary N) is 2. The van der Waals surface area contributed by atoms with Gasteiger partial charge in [0.15, 0.2) is 0 Å². The Bertz CT molecular complexity index is 550. The lowest BCUT2D eigenvalue weighted by Gasteiger charge is -2.40. The Morgan fingerprint density at radius 1 is 1.32 bits per heavy atom. The Labute approximate surface area is 132 Å². The number of carbonyl (C=O) groups is 1. The summed E-state index contributed by atoms with van der Waals surface area (Å²) in [7, 11) is 1.77. The Balaban J connectivity index is 2.01. The van der Waals surface area contributed by atoms with Gasteiger partial charge in [-0.05, 0) is 37.1 Å². The van der Waals surface area contributed by atoms with Crippen LogP contribution >= 0.6 is 0 Å². The third-order valence-corrected chi connectivity index (χ3v) is 5.25. The van der Waals surface area contributed by atoms with Crippen LogP contribution in [0.15, 0.2) is 24.3 Å². The Kier molecular flexibility index (Phi) is 4.24. The highest BCUT2D eigenvalue weighted by molar-refractivity contribution is 5.78. The predicted molar refractivity (Wildman–Crippen MR) is 86.7 cm³/mol. The molecule has 4 nitrogen and oxygen atoms in total. The van der Waals surface area contributed by atoms with Crippen LogP contribution in [0, 0.1) is 5.92 Å². The summed E-state index contributed by atoms with van der Waals surface area (Å²) in [5.41, 5.74) is 2.61. The number of hydrogen-bond donors (Lipinski definition) is 2. The standard InChI is InChI=1S/C18H26N2O2/c1-12(2)17(21)20-15-13-6-4-5-7-14(13)18(16(15)22-3)8-10-19-11-9-18/h4-7,12,15-16,19H,8-11H2,1-3H3,(H,20,21)/t15-,16+/m1/s1. The summed E-state index contributed by atoms with van der Waals surface area (Å²) in [6.45, 7) is 5.86. The lowest BCUT2D eigenvalue weighted by molar-refractivity contribution is -0.126. The van der Waals surface area contributed by atoms with Crippen molar-refractivity contribution in [1.82, 2.24) is 10.6 Å². The molecule has 120 valence electrons. The zero-order chi connectivity index (χ0) is 15.7. The average Bonchev–Trinajstić information content (AvgIpc) is 2.78. The molecule has 1 saturated heterocycles. The molecule has 22 heavy (non-hydrogen) atoms. The molecule has 1 amide bonds. The third kappa shape index (κ3) is 2.34. The van der Waals surface area contributed by atoms with Crippen molar-refractivity contribution in [2.75, 3.05) is 20.2 Å². The second-order valence-electron chi connectivity index (χ2n) is 6.79. The molecule has 0 aromatic heterocycles. The Morgan fingerprint density at radius 3 is 2.64 bits per heavy atom.